The summed E-state index contributed by atoms with van der Waals surface area (Å²) in [7, 11) is 0. The summed E-state index contributed by atoms with van der Waals surface area (Å²) in [6.45, 7) is 10.7. The van der Waals surface area contributed by atoms with Crippen molar-refractivity contribution in [2.45, 2.75) is 90.1 Å². The van der Waals surface area contributed by atoms with E-state index in [-0.39, 0.29) is 31.1 Å². The molecule has 0 aliphatic carbocycles. The number of carbonyl (C=O) groups is 4. The van der Waals surface area contributed by atoms with Crippen molar-refractivity contribution < 1.29 is 33.8 Å². The summed E-state index contributed by atoms with van der Waals surface area (Å²) >= 11 is 0. The summed E-state index contributed by atoms with van der Waals surface area (Å²) in [6, 6.07) is 25.8. The molecule has 53 heavy (non-hydrogen) atoms. The normalized spacial score (nSPS) is 16.1. The fourth-order valence-electron chi connectivity index (χ4n) is 6.37. The van der Waals surface area contributed by atoms with Crippen molar-refractivity contribution in [1.29, 1.82) is 0 Å². The first-order valence-electron chi connectivity index (χ1n) is 18.6. The number of benzene rings is 3. The quantitative estimate of drug-likeness (QED) is 0.171. The van der Waals surface area contributed by atoms with Gasteiger partial charge in [0.2, 0.25) is 17.7 Å². The van der Waals surface area contributed by atoms with Crippen molar-refractivity contribution in [3.63, 3.8) is 0 Å². The van der Waals surface area contributed by atoms with Crippen LogP contribution in [-0.4, -0.2) is 90.0 Å². The summed E-state index contributed by atoms with van der Waals surface area (Å²) in [5.74, 6) is -2.18. The fraction of sp³-hybridized carbons (Fsp3) is 0.476. The van der Waals surface area contributed by atoms with Crippen LogP contribution in [0.25, 0.3) is 0 Å². The number of ether oxygens (including phenoxy) is 2. The third kappa shape index (κ3) is 13.6. The van der Waals surface area contributed by atoms with E-state index in [1.165, 1.54) is 0 Å². The molecule has 1 aliphatic heterocycles. The lowest BCUT2D eigenvalue weighted by molar-refractivity contribution is -0.141. The monoisotopic (exact) mass is 728 g/mol. The number of morpholine rings is 1. The number of aliphatic hydroxyl groups excluding tert-OH is 1. The maximum absolute atomic E-state index is 14.2. The summed E-state index contributed by atoms with van der Waals surface area (Å²) in [5.41, 5.74) is 1.92. The number of hydrogen-bond acceptors (Lipinski definition) is 7. The Labute approximate surface area is 313 Å². The molecule has 286 valence electrons. The predicted octanol–water partition coefficient (Wildman–Crippen LogP) is 4.46. The first kappa shape index (κ1) is 41.0. The van der Waals surface area contributed by atoms with Crippen molar-refractivity contribution in [3.8, 4) is 0 Å². The fourth-order valence-corrected chi connectivity index (χ4v) is 6.37. The second-order valence-corrected chi connectivity index (χ2v) is 15.1. The van der Waals surface area contributed by atoms with Gasteiger partial charge in [-0.25, -0.2) is 4.79 Å². The van der Waals surface area contributed by atoms with Crippen LogP contribution in [0.4, 0.5) is 4.79 Å². The molecule has 4 N–H and O–H groups in total. The minimum Gasteiger partial charge on any atom is -0.444 e. The lowest BCUT2D eigenvalue weighted by Crippen LogP contribution is -2.58. The van der Waals surface area contributed by atoms with Gasteiger partial charge in [-0.2, -0.15) is 0 Å². The standard InChI is InChI=1S/C42H56N4O7/c1-29(2)37(39(49)43-35(27-32-19-13-8-14-20-32)40(50)46-21-23-52-24-22-46)45-38(48)33(25-30-15-9-6-10-16-30)28-36(47)34(26-31-17-11-7-12-18-31)44-41(51)53-42(3,4)5/h6-20,29,33-37,47H,21-28H2,1-5H3,(H,43,49)(H,44,51)(H,45,48)/t33-,34-,35-,36-,37-/m0/s1. The number of aliphatic hydroxyl groups is 1. The number of amides is 4. The van der Waals surface area contributed by atoms with Crippen molar-refractivity contribution >= 4 is 23.8 Å². The summed E-state index contributed by atoms with van der Waals surface area (Å²) < 4.78 is 11.0. The van der Waals surface area contributed by atoms with Crippen LogP contribution in [0, 0.1) is 11.8 Å². The second-order valence-electron chi connectivity index (χ2n) is 15.1. The largest absolute Gasteiger partial charge is 0.444 e. The highest BCUT2D eigenvalue weighted by molar-refractivity contribution is 5.93. The third-order valence-corrected chi connectivity index (χ3v) is 9.15. The van der Waals surface area contributed by atoms with E-state index in [4.69, 9.17) is 9.47 Å². The van der Waals surface area contributed by atoms with Gasteiger partial charge in [0.15, 0.2) is 0 Å². The average molecular weight is 729 g/mol. The molecule has 1 saturated heterocycles. The number of carbonyl (C=O) groups excluding carboxylic acids is 4. The molecule has 3 aromatic carbocycles. The molecule has 11 heteroatoms. The smallest absolute Gasteiger partial charge is 0.407 e. The van der Waals surface area contributed by atoms with E-state index < -0.39 is 53.7 Å². The Kier molecular flexibility index (Phi) is 15.4. The van der Waals surface area contributed by atoms with E-state index in [2.05, 4.69) is 16.0 Å². The molecule has 0 unspecified atom stereocenters. The van der Waals surface area contributed by atoms with Gasteiger partial charge >= 0.3 is 6.09 Å². The molecule has 1 heterocycles. The van der Waals surface area contributed by atoms with Crippen molar-refractivity contribution in [1.82, 2.24) is 20.9 Å². The highest BCUT2D eigenvalue weighted by atomic mass is 16.6. The minimum absolute atomic E-state index is 0.00733. The molecule has 0 spiro atoms. The Morgan fingerprint density at radius 3 is 1.75 bits per heavy atom. The van der Waals surface area contributed by atoms with Crippen LogP contribution in [0.1, 0.15) is 57.7 Å². The maximum Gasteiger partial charge on any atom is 0.407 e. The van der Waals surface area contributed by atoms with Crippen molar-refractivity contribution in [2.24, 2.45) is 11.8 Å². The van der Waals surface area contributed by atoms with Gasteiger partial charge in [-0.05, 0) is 62.6 Å². The van der Waals surface area contributed by atoms with Gasteiger partial charge in [-0.3, -0.25) is 14.4 Å². The first-order chi connectivity index (χ1) is 25.3. The molecule has 0 radical (unpaired) electrons. The number of nitrogens with one attached hydrogen (secondary N) is 3. The van der Waals surface area contributed by atoms with Crippen LogP contribution in [0.15, 0.2) is 91.0 Å². The SMILES string of the molecule is CC(C)[C@H](NC(=O)[C@@H](Cc1ccccc1)C[C@H](O)[C@H](Cc1ccccc1)NC(=O)OC(C)(C)C)C(=O)N[C@@H](Cc1ccccc1)C(=O)N1CCOCC1. The van der Waals surface area contributed by atoms with Crippen molar-refractivity contribution in [2.75, 3.05) is 26.3 Å². The average Bonchev–Trinajstić information content (AvgIpc) is 3.13. The van der Waals surface area contributed by atoms with E-state index in [0.717, 1.165) is 16.7 Å². The molecule has 1 fully saturated rings. The van der Waals surface area contributed by atoms with E-state index in [0.29, 0.717) is 32.7 Å². The molecule has 4 rings (SSSR count). The van der Waals surface area contributed by atoms with E-state index in [1.54, 1.807) is 25.7 Å². The zero-order valence-corrected chi connectivity index (χ0v) is 31.6. The number of rotatable bonds is 16. The van der Waals surface area contributed by atoms with Crippen LogP contribution in [0.5, 0.6) is 0 Å². The highest BCUT2D eigenvalue weighted by Gasteiger charge is 2.35. The first-order valence-corrected chi connectivity index (χ1v) is 18.6. The number of alkyl carbamates (subject to hydrolysis) is 1. The van der Waals surface area contributed by atoms with E-state index >= 15 is 0 Å². The van der Waals surface area contributed by atoms with Gasteiger partial charge in [0.25, 0.3) is 0 Å². The van der Waals surface area contributed by atoms with Gasteiger partial charge in [-0.1, -0.05) is 105 Å². The molecule has 4 amide bonds. The Morgan fingerprint density at radius 1 is 0.736 bits per heavy atom. The zero-order chi connectivity index (χ0) is 38.4. The van der Waals surface area contributed by atoms with Gasteiger partial charge < -0.3 is 35.4 Å². The van der Waals surface area contributed by atoms with Crippen LogP contribution < -0.4 is 16.0 Å². The van der Waals surface area contributed by atoms with Gasteiger partial charge in [0.05, 0.1) is 25.4 Å². The van der Waals surface area contributed by atoms with Crippen LogP contribution in [0.3, 0.4) is 0 Å². The molecule has 3 aromatic rings. The molecular weight excluding hydrogens is 672 g/mol. The van der Waals surface area contributed by atoms with E-state index in [9.17, 15) is 24.3 Å². The second kappa shape index (κ2) is 19.9. The molecule has 1 aliphatic rings. The Bertz CT molecular complexity index is 1590. The summed E-state index contributed by atoms with van der Waals surface area (Å²) in [5, 5.41) is 20.5. The van der Waals surface area contributed by atoms with Crippen LogP contribution in [0.2, 0.25) is 0 Å². The van der Waals surface area contributed by atoms with Gasteiger partial charge in [-0.15, -0.1) is 0 Å². The lowest BCUT2D eigenvalue weighted by atomic mass is 9.88. The van der Waals surface area contributed by atoms with Crippen molar-refractivity contribution in [3.05, 3.63) is 108 Å². The Hall–Kier alpha value is -4.74. The summed E-state index contributed by atoms with van der Waals surface area (Å²) in [6.07, 6.45) is -0.945. The summed E-state index contributed by atoms with van der Waals surface area (Å²) in [4.78, 5) is 56.6. The molecular formula is C42H56N4O7. The highest BCUT2D eigenvalue weighted by Crippen LogP contribution is 2.21. The molecule has 0 saturated carbocycles. The van der Waals surface area contributed by atoms with Gasteiger partial charge in [0, 0.05) is 25.4 Å². The van der Waals surface area contributed by atoms with Gasteiger partial charge in [0.1, 0.15) is 17.7 Å². The zero-order valence-electron chi connectivity index (χ0n) is 31.6. The predicted molar refractivity (Wildman–Crippen MR) is 204 cm³/mol. The lowest BCUT2D eigenvalue weighted by Gasteiger charge is -2.32. The minimum atomic E-state index is -1.14. The van der Waals surface area contributed by atoms with Crippen LogP contribution >= 0.6 is 0 Å². The number of nitrogens with zero attached hydrogens (tertiary/aromatic N) is 1. The molecule has 5 atom stereocenters. The van der Waals surface area contributed by atoms with Crippen LogP contribution in [-0.2, 0) is 43.1 Å². The Balaban J connectivity index is 1.55. The number of hydrogen-bond donors (Lipinski definition) is 4. The molecule has 0 bridgehead atoms. The Morgan fingerprint density at radius 2 is 1.25 bits per heavy atom. The molecule has 0 aromatic heterocycles. The molecule has 11 nitrogen and oxygen atoms in total. The maximum atomic E-state index is 14.2. The third-order valence-electron chi connectivity index (χ3n) is 9.15. The van der Waals surface area contributed by atoms with E-state index in [1.807, 2.05) is 105 Å². The topological polar surface area (TPSA) is 146 Å².